The summed E-state index contributed by atoms with van der Waals surface area (Å²) in [5.41, 5.74) is 3.36. The summed E-state index contributed by atoms with van der Waals surface area (Å²) in [6.07, 6.45) is 2.08. The molecule has 0 aliphatic rings. The quantitative estimate of drug-likeness (QED) is 0.642. The third kappa shape index (κ3) is 3.20. The lowest BCUT2D eigenvalue weighted by Crippen LogP contribution is -2.00. The van der Waals surface area contributed by atoms with Gasteiger partial charge in [0.05, 0.1) is 0 Å². The molecule has 0 atom stereocenters. The third-order valence-corrected chi connectivity index (χ3v) is 3.60. The standard InChI is InChI=1S/C15H17NOS/c1-11-9-13(17)5-8-15(11)16-10-12-3-6-14(18-2)7-4-12/h3-9,16-17H,10H2,1-2H3. The highest BCUT2D eigenvalue weighted by molar-refractivity contribution is 7.98. The fraction of sp³-hybridized carbons (Fsp3) is 0.200. The van der Waals surface area contributed by atoms with Crippen LogP contribution in [0.4, 0.5) is 5.69 Å². The van der Waals surface area contributed by atoms with Gasteiger partial charge >= 0.3 is 0 Å². The second-order valence-electron chi connectivity index (χ2n) is 4.20. The van der Waals surface area contributed by atoms with Crippen LogP contribution in [0.5, 0.6) is 5.75 Å². The number of aryl methyl sites for hydroxylation is 1. The maximum Gasteiger partial charge on any atom is 0.115 e. The van der Waals surface area contributed by atoms with E-state index in [-0.39, 0.29) is 0 Å². The van der Waals surface area contributed by atoms with E-state index in [1.165, 1.54) is 10.5 Å². The monoisotopic (exact) mass is 259 g/mol. The molecule has 0 unspecified atom stereocenters. The Morgan fingerprint density at radius 1 is 1.11 bits per heavy atom. The predicted molar refractivity (Wildman–Crippen MR) is 78.4 cm³/mol. The van der Waals surface area contributed by atoms with Crippen LogP contribution in [0.25, 0.3) is 0 Å². The highest BCUT2D eigenvalue weighted by Crippen LogP contribution is 2.21. The van der Waals surface area contributed by atoms with E-state index in [1.54, 1.807) is 23.9 Å². The molecule has 0 aliphatic carbocycles. The Balaban J connectivity index is 2.02. The minimum Gasteiger partial charge on any atom is -0.508 e. The van der Waals surface area contributed by atoms with Gasteiger partial charge in [-0.1, -0.05) is 12.1 Å². The molecule has 2 N–H and O–H groups in total. The van der Waals surface area contributed by atoms with E-state index >= 15 is 0 Å². The zero-order chi connectivity index (χ0) is 13.0. The van der Waals surface area contributed by atoms with Crippen LogP contribution < -0.4 is 5.32 Å². The van der Waals surface area contributed by atoms with Crippen molar-refractivity contribution in [1.29, 1.82) is 0 Å². The van der Waals surface area contributed by atoms with Crippen molar-refractivity contribution in [2.75, 3.05) is 11.6 Å². The molecule has 0 saturated carbocycles. The van der Waals surface area contributed by atoms with E-state index in [1.807, 2.05) is 13.0 Å². The van der Waals surface area contributed by atoms with Gasteiger partial charge in [0.1, 0.15) is 5.75 Å². The number of phenols is 1. The molecule has 3 heteroatoms. The number of benzene rings is 2. The fourth-order valence-corrected chi connectivity index (χ4v) is 2.20. The van der Waals surface area contributed by atoms with Crippen LogP contribution in [0.15, 0.2) is 47.4 Å². The number of rotatable bonds is 4. The highest BCUT2D eigenvalue weighted by atomic mass is 32.2. The van der Waals surface area contributed by atoms with Crippen LogP contribution in [0, 0.1) is 6.92 Å². The Labute approximate surface area is 112 Å². The van der Waals surface area contributed by atoms with Gasteiger partial charge in [-0.15, -0.1) is 11.8 Å². The maximum absolute atomic E-state index is 9.35. The molecular weight excluding hydrogens is 242 g/mol. The fourth-order valence-electron chi connectivity index (χ4n) is 1.79. The molecule has 0 heterocycles. The summed E-state index contributed by atoms with van der Waals surface area (Å²) in [5.74, 6) is 0.308. The summed E-state index contributed by atoms with van der Waals surface area (Å²) < 4.78 is 0. The zero-order valence-electron chi connectivity index (χ0n) is 10.6. The number of nitrogens with one attached hydrogen (secondary N) is 1. The second-order valence-corrected chi connectivity index (χ2v) is 5.08. The number of aromatic hydroxyl groups is 1. The molecule has 0 spiro atoms. The average molecular weight is 259 g/mol. The Hall–Kier alpha value is -1.61. The molecule has 0 aromatic heterocycles. The van der Waals surface area contributed by atoms with Crippen LogP contribution in [-0.2, 0) is 6.54 Å². The molecule has 2 rings (SSSR count). The molecule has 18 heavy (non-hydrogen) atoms. The second kappa shape index (κ2) is 5.83. The first kappa shape index (κ1) is 12.8. The van der Waals surface area contributed by atoms with E-state index in [4.69, 9.17) is 0 Å². The van der Waals surface area contributed by atoms with Gasteiger partial charge < -0.3 is 10.4 Å². The van der Waals surface area contributed by atoms with Crippen LogP contribution in [0.3, 0.4) is 0 Å². The average Bonchev–Trinajstić information content (AvgIpc) is 2.38. The SMILES string of the molecule is CSc1ccc(CNc2ccc(O)cc2C)cc1. The largest absolute Gasteiger partial charge is 0.508 e. The molecule has 0 fully saturated rings. The number of hydrogen-bond acceptors (Lipinski definition) is 3. The van der Waals surface area contributed by atoms with Gasteiger partial charge in [0, 0.05) is 17.1 Å². The lowest BCUT2D eigenvalue weighted by molar-refractivity contribution is 0.475. The third-order valence-electron chi connectivity index (χ3n) is 2.85. The molecule has 94 valence electrons. The first-order valence-electron chi connectivity index (χ1n) is 5.85. The van der Waals surface area contributed by atoms with Crippen LogP contribution in [0.2, 0.25) is 0 Å². The summed E-state index contributed by atoms with van der Waals surface area (Å²) in [6.45, 7) is 2.78. The topological polar surface area (TPSA) is 32.3 Å². The van der Waals surface area contributed by atoms with Crippen molar-refractivity contribution in [3.8, 4) is 5.75 Å². The van der Waals surface area contributed by atoms with Crippen molar-refractivity contribution in [1.82, 2.24) is 0 Å². The molecule has 0 radical (unpaired) electrons. The van der Waals surface area contributed by atoms with Crippen molar-refractivity contribution < 1.29 is 5.11 Å². The lowest BCUT2D eigenvalue weighted by atomic mass is 10.1. The Morgan fingerprint density at radius 3 is 2.44 bits per heavy atom. The number of thioether (sulfide) groups is 1. The van der Waals surface area contributed by atoms with Crippen molar-refractivity contribution in [2.45, 2.75) is 18.4 Å². The lowest BCUT2D eigenvalue weighted by Gasteiger charge is -2.10. The molecule has 0 amide bonds. The van der Waals surface area contributed by atoms with E-state index < -0.39 is 0 Å². The molecule has 2 aromatic rings. The van der Waals surface area contributed by atoms with Crippen LogP contribution in [-0.4, -0.2) is 11.4 Å². The summed E-state index contributed by atoms with van der Waals surface area (Å²) in [5, 5.41) is 12.7. The van der Waals surface area contributed by atoms with E-state index in [0.717, 1.165) is 17.8 Å². The molecule has 0 aliphatic heterocycles. The Morgan fingerprint density at radius 2 is 1.83 bits per heavy atom. The summed E-state index contributed by atoms with van der Waals surface area (Å²) in [4.78, 5) is 1.28. The minimum absolute atomic E-state index is 0.308. The number of anilines is 1. The van der Waals surface area contributed by atoms with Gasteiger partial charge in [-0.3, -0.25) is 0 Å². The van der Waals surface area contributed by atoms with Crippen molar-refractivity contribution in [3.05, 3.63) is 53.6 Å². The van der Waals surface area contributed by atoms with E-state index in [2.05, 4.69) is 35.8 Å². The van der Waals surface area contributed by atoms with E-state index in [9.17, 15) is 5.11 Å². The van der Waals surface area contributed by atoms with Gasteiger partial charge in [-0.2, -0.15) is 0 Å². The van der Waals surface area contributed by atoms with E-state index in [0.29, 0.717) is 5.75 Å². The first-order chi connectivity index (χ1) is 8.69. The normalized spacial score (nSPS) is 10.3. The Bertz CT molecular complexity index is 523. The molecule has 2 aromatic carbocycles. The number of hydrogen-bond donors (Lipinski definition) is 2. The summed E-state index contributed by atoms with van der Waals surface area (Å²) in [7, 11) is 0. The molecular formula is C15H17NOS. The molecule has 0 bridgehead atoms. The smallest absolute Gasteiger partial charge is 0.115 e. The zero-order valence-corrected chi connectivity index (χ0v) is 11.4. The first-order valence-corrected chi connectivity index (χ1v) is 7.08. The van der Waals surface area contributed by atoms with Crippen molar-refractivity contribution >= 4 is 17.4 Å². The van der Waals surface area contributed by atoms with Gasteiger partial charge in [-0.05, 0) is 54.6 Å². The van der Waals surface area contributed by atoms with Gasteiger partial charge in [0.15, 0.2) is 0 Å². The number of phenolic OH excluding ortho intramolecular Hbond substituents is 1. The summed E-state index contributed by atoms with van der Waals surface area (Å²) in [6, 6.07) is 13.9. The van der Waals surface area contributed by atoms with Crippen LogP contribution in [0.1, 0.15) is 11.1 Å². The van der Waals surface area contributed by atoms with Crippen molar-refractivity contribution in [2.24, 2.45) is 0 Å². The summed E-state index contributed by atoms with van der Waals surface area (Å²) >= 11 is 1.75. The maximum atomic E-state index is 9.35. The van der Waals surface area contributed by atoms with Crippen molar-refractivity contribution in [3.63, 3.8) is 0 Å². The molecule has 0 saturated heterocycles. The van der Waals surface area contributed by atoms with Gasteiger partial charge in [0.25, 0.3) is 0 Å². The van der Waals surface area contributed by atoms with Gasteiger partial charge in [-0.25, -0.2) is 0 Å². The molecule has 2 nitrogen and oxygen atoms in total. The van der Waals surface area contributed by atoms with Gasteiger partial charge in [0.2, 0.25) is 0 Å². The minimum atomic E-state index is 0.308. The van der Waals surface area contributed by atoms with Crippen LogP contribution >= 0.6 is 11.8 Å². The predicted octanol–water partition coefficient (Wildman–Crippen LogP) is 4.03. The Kier molecular flexibility index (Phi) is 4.15. The highest BCUT2D eigenvalue weighted by Gasteiger charge is 1.99.